The lowest BCUT2D eigenvalue weighted by atomic mass is 9.72. The fourth-order valence-electron chi connectivity index (χ4n) is 2.87. The molecule has 1 saturated carbocycles. The Labute approximate surface area is 116 Å². The largest absolute Gasteiger partial charge is 0.392 e. The Balaban J connectivity index is 2.86. The number of nitrogens with zero attached hydrogens (tertiary/aromatic N) is 1. The molecule has 1 aliphatic rings. The third-order valence-corrected chi connectivity index (χ3v) is 4.04. The van der Waals surface area contributed by atoms with Crippen LogP contribution in [0.2, 0.25) is 0 Å². The number of hydrogen-bond donors (Lipinski definition) is 1. The van der Waals surface area contributed by atoms with Crippen molar-refractivity contribution in [3.05, 3.63) is 0 Å². The summed E-state index contributed by atoms with van der Waals surface area (Å²) >= 11 is 5.19. The SMILES string of the molecule is CN(CC(C)(C)C)C(=O)C1(C(N)=S)CCCCC1. The van der Waals surface area contributed by atoms with Gasteiger partial charge in [0.05, 0.1) is 10.4 Å². The predicted octanol–water partition coefficient (Wildman–Crippen LogP) is 2.73. The first-order valence-corrected chi connectivity index (χ1v) is 7.15. The minimum absolute atomic E-state index is 0.0937. The summed E-state index contributed by atoms with van der Waals surface area (Å²) < 4.78 is 0. The molecule has 0 aliphatic heterocycles. The van der Waals surface area contributed by atoms with Gasteiger partial charge >= 0.3 is 0 Å². The topological polar surface area (TPSA) is 46.3 Å². The van der Waals surface area contributed by atoms with Crippen molar-refractivity contribution in [3.8, 4) is 0 Å². The van der Waals surface area contributed by atoms with E-state index in [-0.39, 0.29) is 11.3 Å². The summed E-state index contributed by atoms with van der Waals surface area (Å²) in [6.07, 6.45) is 4.91. The highest BCUT2D eigenvalue weighted by Crippen LogP contribution is 2.38. The zero-order chi connectivity index (χ0) is 14.0. The van der Waals surface area contributed by atoms with Gasteiger partial charge in [0.2, 0.25) is 5.91 Å². The Hall–Kier alpha value is -0.640. The molecular formula is C14H26N2OS. The summed E-state index contributed by atoms with van der Waals surface area (Å²) in [5.74, 6) is 0.115. The molecule has 3 nitrogen and oxygen atoms in total. The summed E-state index contributed by atoms with van der Waals surface area (Å²) in [6, 6.07) is 0. The molecule has 1 aliphatic carbocycles. The third-order valence-electron chi connectivity index (χ3n) is 3.65. The number of rotatable bonds is 3. The third kappa shape index (κ3) is 3.44. The maximum Gasteiger partial charge on any atom is 0.235 e. The van der Waals surface area contributed by atoms with Gasteiger partial charge in [-0.25, -0.2) is 0 Å². The molecule has 0 aromatic carbocycles. The number of carbonyl (C=O) groups excluding carboxylic acids is 1. The number of hydrogen-bond acceptors (Lipinski definition) is 2. The first kappa shape index (κ1) is 15.4. The molecule has 2 N–H and O–H groups in total. The van der Waals surface area contributed by atoms with Gasteiger partial charge in [-0.1, -0.05) is 52.3 Å². The van der Waals surface area contributed by atoms with Gasteiger partial charge in [0.1, 0.15) is 0 Å². The Morgan fingerprint density at radius 3 is 2.17 bits per heavy atom. The van der Waals surface area contributed by atoms with Crippen LogP contribution in [0.15, 0.2) is 0 Å². The minimum Gasteiger partial charge on any atom is -0.392 e. The van der Waals surface area contributed by atoms with E-state index in [1.165, 1.54) is 6.42 Å². The Morgan fingerprint density at radius 2 is 1.78 bits per heavy atom. The zero-order valence-corrected chi connectivity index (χ0v) is 12.9. The summed E-state index contributed by atoms with van der Waals surface area (Å²) in [5.41, 5.74) is 5.41. The lowest BCUT2D eigenvalue weighted by Gasteiger charge is -2.39. The van der Waals surface area contributed by atoms with E-state index in [0.717, 1.165) is 32.2 Å². The molecule has 0 atom stereocenters. The van der Waals surface area contributed by atoms with Gasteiger partial charge in [-0.05, 0) is 18.3 Å². The lowest BCUT2D eigenvalue weighted by Crippen LogP contribution is -2.51. The van der Waals surface area contributed by atoms with E-state index >= 15 is 0 Å². The molecule has 4 heteroatoms. The molecule has 0 unspecified atom stereocenters. The molecule has 0 radical (unpaired) electrons. The van der Waals surface area contributed by atoms with Crippen molar-refractivity contribution in [2.45, 2.75) is 52.9 Å². The van der Waals surface area contributed by atoms with Crippen LogP contribution < -0.4 is 5.73 Å². The van der Waals surface area contributed by atoms with Gasteiger partial charge in [-0.15, -0.1) is 0 Å². The van der Waals surface area contributed by atoms with Crippen molar-refractivity contribution in [3.63, 3.8) is 0 Å². The number of thiocarbonyl (C=S) groups is 1. The first-order chi connectivity index (χ1) is 8.19. The van der Waals surface area contributed by atoms with Crippen molar-refractivity contribution in [2.75, 3.05) is 13.6 Å². The molecule has 0 spiro atoms. The number of amides is 1. The second kappa shape index (κ2) is 5.55. The van der Waals surface area contributed by atoms with Crippen LogP contribution in [0, 0.1) is 10.8 Å². The van der Waals surface area contributed by atoms with Crippen LogP contribution in [0.4, 0.5) is 0 Å². The maximum atomic E-state index is 12.7. The van der Waals surface area contributed by atoms with E-state index in [1.54, 1.807) is 0 Å². The van der Waals surface area contributed by atoms with Crippen molar-refractivity contribution < 1.29 is 4.79 Å². The molecule has 0 aromatic rings. The van der Waals surface area contributed by atoms with Crippen molar-refractivity contribution in [2.24, 2.45) is 16.6 Å². The molecule has 0 bridgehead atoms. The molecule has 0 heterocycles. The minimum atomic E-state index is -0.576. The Kier molecular flexibility index (Phi) is 4.76. The fourth-order valence-corrected chi connectivity index (χ4v) is 3.16. The molecule has 1 fully saturated rings. The lowest BCUT2D eigenvalue weighted by molar-refractivity contribution is -0.139. The van der Waals surface area contributed by atoms with Crippen LogP contribution >= 0.6 is 12.2 Å². The van der Waals surface area contributed by atoms with E-state index in [9.17, 15) is 4.79 Å². The van der Waals surface area contributed by atoms with E-state index in [4.69, 9.17) is 18.0 Å². The van der Waals surface area contributed by atoms with E-state index in [0.29, 0.717) is 4.99 Å². The molecule has 104 valence electrons. The zero-order valence-electron chi connectivity index (χ0n) is 12.1. The van der Waals surface area contributed by atoms with Gasteiger partial charge in [0.25, 0.3) is 0 Å². The molecule has 1 amide bonds. The van der Waals surface area contributed by atoms with Gasteiger partial charge in [0.15, 0.2) is 0 Å². The van der Waals surface area contributed by atoms with Crippen LogP contribution in [0.25, 0.3) is 0 Å². The summed E-state index contributed by atoms with van der Waals surface area (Å²) in [6.45, 7) is 7.12. The highest BCUT2D eigenvalue weighted by molar-refractivity contribution is 7.80. The smallest absolute Gasteiger partial charge is 0.235 e. The highest BCUT2D eigenvalue weighted by atomic mass is 32.1. The van der Waals surface area contributed by atoms with Gasteiger partial charge in [0, 0.05) is 13.6 Å². The Bertz CT molecular complexity index is 327. The van der Waals surface area contributed by atoms with Crippen LogP contribution in [-0.2, 0) is 4.79 Å². The second-order valence-corrected chi connectivity index (χ2v) is 7.17. The molecule has 1 rings (SSSR count). The standard InChI is InChI=1S/C14H26N2OS/c1-13(2,3)10-16(4)12(17)14(11(15)18)8-6-5-7-9-14/h5-10H2,1-4H3,(H2,15,18). The van der Waals surface area contributed by atoms with Crippen molar-refractivity contribution in [1.29, 1.82) is 0 Å². The molecule has 0 aromatic heterocycles. The summed E-state index contributed by atoms with van der Waals surface area (Å²) in [7, 11) is 1.86. The van der Waals surface area contributed by atoms with Gasteiger partial charge in [-0.2, -0.15) is 0 Å². The summed E-state index contributed by atoms with van der Waals surface area (Å²) in [4.78, 5) is 14.9. The van der Waals surface area contributed by atoms with Gasteiger partial charge in [-0.3, -0.25) is 4.79 Å². The fraction of sp³-hybridized carbons (Fsp3) is 0.857. The van der Waals surface area contributed by atoms with Gasteiger partial charge < -0.3 is 10.6 Å². The van der Waals surface area contributed by atoms with Crippen LogP contribution in [0.3, 0.4) is 0 Å². The Morgan fingerprint density at radius 1 is 1.28 bits per heavy atom. The predicted molar refractivity (Wildman–Crippen MR) is 79.4 cm³/mol. The van der Waals surface area contributed by atoms with E-state index in [1.807, 2.05) is 11.9 Å². The van der Waals surface area contributed by atoms with Crippen LogP contribution in [-0.4, -0.2) is 29.4 Å². The van der Waals surface area contributed by atoms with E-state index in [2.05, 4.69) is 20.8 Å². The quantitative estimate of drug-likeness (QED) is 0.802. The number of nitrogens with two attached hydrogens (primary N) is 1. The molecule has 18 heavy (non-hydrogen) atoms. The maximum absolute atomic E-state index is 12.7. The molecular weight excluding hydrogens is 244 g/mol. The monoisotopic (exact) mass is 270 g/mol. The summed E-state index contributed by atoms with van der Waals surface area (Å²) in [5, 5.41) is 0. The number of carbonyl (C=O) groups is 1. The van der Waals surface area contributed by atoms with E-state index < -0.39 is 5.41 Å². The normalized spacial score (nSPS) is 19.3. The first-order valence-electron chi connectivity index (χ1n) is 6.74. The average molecular weight is 270 g/mol. The van der Waals surface area contributed by atoms with Crippen LogP contribution in [0.5, 0.6) is 0 Å². The molecule has 0 saturated heterocycles. The second-order valence-electron chi connectivity index (χ2n) is 6.73. The van der Waals surface area contributed by atoms with Crippen molar-refractivity contribution >= 4 is 23.1 Å². The highest BCUT2D eigenvalue weighted by Gasteiger charge is 2.44. The van der Waals surface area contributed by atoms with Crippen LogP contribution in [0.1, 0.15) is 52.9 Å². The average Bonchev–Trinajstić information content (AvgIpc) is 2.26. The van der Waals surface area contributed by atoms with Crippen molar-refractivity contribution in [1.82, 2.24) is 4.90 Å².